The number of aliphatic carboxylic acids is 1. The van der Waals surface area contributed by atoms with Gasteiger partial charge in [-0.1, -0.05) is 0 Å². The van der Waals surface area contributed by atoms with Gasteiger partial charge in [0.2, 0.25) is 12.5 Å². The molecule has 0 atom stereocenters. The predicted octanol–water partition coefficient (Wildman–Crippen LogP) is 0.488. The van der Waals surface area contributed by atoms with Crippen molar-refractivity contribution in [2.24, 2.45) is 5.73 Å². The molecule has 0 saturated heterocycles. The molecule has 29 heavy (non-hydrogen) atoms. The van der Waals surface area contributed by atoms with E-state index in [2.05, 4.69) is 28.5 Å². The summed E-state index contributed by atoms with van der Waals surface area (Å²) in [6, 6.07) is 10.00. The summed E-state index contributed by atoms with van der Waals surface area (Å²) in [5.74, 6) is 1.07. The Kier molecular flexibility index (Phi) is 4.85. The summed E-state index contributed by atoms with van der Waals surface area (Å²) in [4.78, 5) is 9.13. The molecule has 1 aromatic heterocycles. The van der Waals surface area contributed by atoms with E-state index >= 15 is 0 Å². The minimum atomic E-state index is -1.22. The number of carboxylic acid groups (broad SMARTS) is 1. The highest BCUT2D eigenvalue weighted by Crippen LogP contribution is 2.41. The second-order valence-electron chi connectivity index (χ2n) is 6.66. The third-order valence-electron chi connectivity index (χ3n) is 4.98. The Bertz CT molecular complexity index is 1110. The Morgan fingerprint density at radius 3 is 2.69 bits per heavy atom. The van der Waals surface area contributed by atoms with Crippen LogP contribution in [0.3, 0.4) is 0 Å². The van der Waals surface area contributed by atoms with E-state index in [0.29, 0.717) is 5.75 Å². The van der Waals surface area contributed by atoms with E-state index in [-0.39, 0.29) is 19.1 Å². The summed E-state index contributed by atoms with van der Waals surface area (Å²) in [5.41, 5.74) is 8.04. The molecule has 0 amide bonds. The number of carboxylic acids is 1. The number of nitrogens with two attached hydrogens (primary N) is 1. The average molecular weight is 396 g/mol. The second-order valence-corrected chi connectivity index (χ2v) is 6.66. The maximum atomic E-state index is 10.4. The van der Waals surface area contributed by atoms with Gasteiger partial charge in [0.15, 0.2) is 35.7 Å². The van der Waals surface area contributed by atoms with E-state index < -0.39 is 5.97 Å². The van der Waals surface area contributed by atoms with Crippen molar-refractivity contribution in [1.82, 2.24) is 0 Å². The van der Waals surface area contributed by atoms with Crippen molar-refractivity contribution in [2.75, 3.05) is 20.4 Å². The van der Waals surface area contributed by atoms with Crippen LogP contribution < -0.4 is 29.6 Å². The quantitative estimate of drug-likeness (QED) is 0.605. The number of aromatic hydroxyl groups is 1. The van der Waals surface area contributed by atoms with Crippen LogP contribution in [0, 0.1) is 0 Å². The van der Waals surface area contributed by atoms with Gasteiger partial charge in [0, 0.05) is 19.0 Å². The van der Waals surface area contributed by atoms with Crippen LogP contribution in [0.25, 0.3) is 22.0 Å². The molecule has 8 nitrogen and oxygen atoms in total. The van der Waals surface area contributed by atoms with Crippen molar-refractivity contribution in [1.29, 1.82) is 0 Å². The standard InChI is InChI=1S/C19H15NO4.C2H5NO2/c1-22-16-3-2-11-6-15-13-8-18-17(23-10-24-18)7-12(13)4-5-20(15)9-14(11)19(16)21;3-1-2(4)5/h2-3,6-9H,4-5,10H2,1H3;1,3H2,(H,4,5). The topological polar surface area (TPSA) is 118 Å². The minimum absolute atomic E-state index is 0.182. The van der Waals surface area contributed by atoms with Gasteiger partial charge in [-0.3, -0.25) is 0 Å². The van der Waals surface area contributed by atoms with Crippen molar-refractivity contribution in [3.63, 3.8) is 0 Å². The lowest BCUT2D eigenvalue weighted by molar-refractivity contribution is -0.686. The Morgan fingerprint density at radius 1 is 1.28 bits per heavy atom. The number of methoxy groups -OCH3 is 1. The predicted molar refractivity (Wildman–Crippen MR) is 102 cm³/mol. The molecule has 3 heterocycles. The lowest BCUT2D eigenvalue weighted by Crippen LogP contribution is -2.39. The minimum Gasteiger partial charge on any atom is -0.549 e. The third-order valence-corrected chi connectivity index (χ3v) is 4.98. The van der Waals surface area contributed by atoms with E-state index in [1.807, 2.05) is 12.3 Å². The summed E-state index contributed by atoms with van der Waals surface area (Å²) in [5, 5.41) is 21.3. The van der Waals surface area contributed by atoms with Gasteiger partial charge >= 0.3 is 0 Å². The number of aryl methyl sites for hydroxylation is 2. The Hall–Kier alpha value is -3.52. The number of nitrogens with zero attached hydrogens (tertiary/aromatic N) is 1. The zero-order valence-electron chi connectivity index (χ0n) is 15.8. The van der Waals surface area contributed by atoms with Crippen molar-refractivity contribution in [2.45, 2.75) is 13.0 Å². The van der Waals surface area contributed by atoms with Gasteiger partial charge in [-0.2, -0.15) is 4.57 Å². The van der Waals surface area contributed by atoms with Crippen LogP contribution in [-0.2, 0) is 17.8 Å². The number of carbonyl (C=O) groups is 1. The number of hydrogen-bond donors (Lipinski definition) is 2. The van der Waals surface area contributed by atoms with Crippen molar-refractivity contribution in [3.8, 4) is 34.3 Å². The Labute approximate surface area is 166 Å². The molecule has 3 aromatic rings. The molecular weight excluding hydrogens is 376 g/mol. The summed E-state index contributed by atoms with van der Waals surface area (Å²) in [6.45, 7) is 0.748. The molecule has 0 radical (unpaired) electrons. The molecule has 150 valence electrons. The normalized spacial score (nSPS) is 13.2. The Morgan fingerprint density at radius 2 is 2.00 bits per heavy atom. The molecule has 8 heteroatoms. The van der Waals surface area contributed by atoms with Gasteiger partial charge in [-0.05, 0) is 35.2 Å². The van der Waals surface area contributed by atoms with Gasteiger partial charge in [-0.25, -0.2) is 0 Å². The Balaban J connectivity index is 0.000000369. The largest absolute Gasteiger partial charge is 0.549 e. The van der Waals surface area contributed by atoms with Gasteiger partial charge < -0.3 is 35.0 Å². The fourth-order valence-corrected chi connectivity index (χ4v) is 3.57. The number of phenols is 1. The number of ether oxygens (including phenoxy) is 3. The lowest BCUT2D eigenvalue weighted by atomic mass is 9.95. The molecule has 0 unspecified atom stereocenters. The summed E-state index contributed by atoms with van der Waals surface area (Å²) >= 11 is 0. The molecule has 0 saturated carbocycles. The lowest BCUT2D eigenvalue weighted by Gasteiger charge is -2.16. The third kappa shape index (κ3) is 3.38. The zero-order chi connectivity index (χ0) is 20.5. The number of hydrogen-bond acceptors (Lipinski definition) is 7. The zero-order valence-corrected chi connectivity index (χ0v) is 15.8. The summed E-state index contributed by atoms with van der Waals surface area (Å²) in [6.07, 6.45) is 2.91. The number of carbonyl (C=O) groups excluding carboxylic acids is 1. The molecule has 0 spiro atoms. The van der Waals surface area contributed by atoms with Gasteiger partial charge in [0.25, 0.3) is 0 Å². The maximum Gasteiger partial charge on any atom is 0.231 e. The van der Waals surface area contributed by atoms with E-state index in [9.17, 15) is 5.11 Å². The molecule has 0 bridgehead atoms. The monoisotopic (exact) mass is 396 g/mol. The van der Waals surface area contributed by atoms with Crippen molar-refractivity contribution in [3.05, 3.63) is 42.1 Å². The number of aromatic nitrogens is 1. The van der Waals surface area contributed by atoms with Gasteiger partial charge in [0.05, 0.1) is 24.0 Å². The molecule has 2 aromatic carbocycles. The van der Waals surface area contributed by atoms with Crippen LogP contribution >= 0.6 is 0 Å². The van der Waals surface area contributed by atoms with E-state index in [1.54, 1.807) is 13.2 Å². The SMILES string of the molecule is COc1ccc2cc3[n+](cc2c1O)CCc1cc2c(cc1-3)OCO2.NCC(=O)[O-]. The second kappa shape index (κ2) is 7.48. The molecule has 2 aliphatic rings. The number of fused-ring (bicyclic) bond motifs is 5. The van der Waals surface area contributed by atoms with E-state index in [4.69, 9.17) is 24.1 Å². The van der Waals surface area contributed by atoms with E-state index in [0.717, 1.165) is 46.5 Å². The highest BCUT2D eigenvalue weighted by Gasteiger charge is 2.28. The maximum absolute atomic E-state index is 10.4. The van der Waals surface area contributed by atoms with Crippen LogP contribution in [0.4, 0.5) is 0 Å². The smallest absolute Gasteiger partial charge is 0.231 e. The first-order valence-electron chi connectivity index (χ1n) is 9.07. The van der Waals surface area contributed by atoms with Crippen LogP contribution in [-0.4, -0.2) is 31.5 Å². The van der Waals surface area contributed by atoms with Crippen LogP contribution in [0.15, 0.2) is 36.5 Å². The van der Waals surface area contributed by atoms with Crippen LogP contribution in [0.1, 0.15) is 5.56 Å². The fraction of sp³-hybridized carbons (Fsp3) is 0.238. The number of benzene rings is 2. The summed E-state index contributed by atoms with van der Waals surface area (Å²) in [7, 11) is 1.56. The molecule has 0 fully saturated rings. The number of phenolic OH excluding ortho intramolecular Hbond substituents is 1. The highest BCUT2D eigenvalue weighted by molar-refractivity contribution is 5.91. The average Bonchev–Trinajstić information content (AvgIpc) is 3.19. The van der Waals surface area contributed by atoms with Crippen LogP contribution in [0.5, 0.6) is 23.0 Å². The van der Waals surface area contributed by atoms with Gasteiger partial charge in [-0.15, -0.1) is 0 Å². The highest BCUT2D eigenvalue weighted by atomic mass is 16.7. The molecule has 3 N–H and O–H groups in total. The van der Waals surface area contributed by atoms with Crippen LogP contribution in [0.2, 0.25) is 0 Å². The van der Waals surface area contributed by atoms with E-state index in [1.165, 1.54) is 5.56 Å². The number of pyridine rings is 1. The molecule has 5 rings (SSSR count). The van der Waals surface area contributed by atoms with Crippen molar-refractivity contribution < 1.29 is 33.8 Å². The molecule has 2 aliphatic heterocycles. The molecule has 0 aliphatic carbocycles. The van der Waals surface area contributed by atoms with Gasteiger partial charge in [0.1, 0.15) is 0 Å². The number of rotatable bonds is 2. The first-order valence-corrected chi connectivity index (χ1v) is 9.07. The first-order chi connectivity index (χ1) is 14.0. The fourth-order valence-electron chi connectivity index (χ4n) is 3.57. The first kappa shape index (κ1) is 18.8. The van der Waals surface area contributed by atoms with Crippen molar-refractivity contribution >= 4 is 16.7 Å². The summed E-state index contributed by atoms with van der Waals surface area (Å²) < 4.78 is 18.4. The molecular formula is C21H20N2O6.